The van der Waals surface area contributed by atoms with Gasteiger partial charge in [-0.2, -0.15) is 0 Å². The smallest absolute Gasteiger partial charge is 0.321 e. The van der Waals surface area contributed by atoms with Crippen LogP contribution in [0.5, 0.6) is 0 Å². The van der Waals surface area contributed by atoms with Gasteiger partial charge in [0, 0.05) is 12.1 Å². The summed E-state index contributed by atoms with van der Waals surface area (Å²) in [5.41, 5.74) is 1.13. The molecule has 0 aliphatic carbocycles. The lowest BCUT2D eigenvalue weighted by molar-refractivity contribution is -0.119. The second-order valence-electron chi connectivity index (χ2n) is 5.85. The summed E-state index contributed by atoms with van der Waals surface area (Å²) in [7, 11) is 0. The summed E-state index contributed by atoms with van der Waals surface area (Å²) in [5, 5.41) is 10.4. The van der Waals surface area contributed by atoms with E-state index in [0.717, 1.165) is 10.9 Å². The topological polar surface area (TPSA) is 70.2 Å². The van der Waals surface area contributed by atoms with E-state index < -0.39 is 6.03 Å². The number of fused-ring (bicyclic) bond motifs is 1. The van der Waals surface area contributed by atoms with Crippen LogP contribution in [0.4, 0.5) is 4.79 Å². The average molecular weight is 313 g/mol. The van der Waals surface area contributed by atoms with Crippen molar-refractivity contribution in [2.24, 2.45) is 0 Å². The SMILES string of the molecule is CC(C)NC(=O)NC(=O)CN[C@@H](C)c1cccc2ccccc12. The molecule has 23 heavy (non-hydrogen) atoms. The second-order valence-corrected chi connectivity index (χ2v) is 5.85. The molecule has 2 aromatic rings. The van der Waals surface area contributed by atoms with Crippen LogP contribution in [0.3, 0.4) is 0 Å². The van der Waals surface area contributed by atoms with E-state index in [9.17, 15) is 9.59 Å². The summed E-state index contributed by atoms with van der Waals surface area (Å²) in [5.74, 6) is -0.352. The summed E-state index contributed by atoms with van der Waals surface area (Å²) in [6.07, 6.45) is 0. The first-order chi connectivity index (χ1) is 11.0. The quantitative estimate of drug-likeness (QED) is 0.795. The minimum Gasteiger partial charge on any atom is -0.336 e. The number of nitrogens with one attached hydrogen (secondary N) is 3. The van der Waals surface area contributed by atoms with Crippen molar-refractivity contribution < 1.29 is 9.59 Å². The highest BCUT2D eigenvalue weighted by Crippen LogP contribution is 2.23. The second kappa shape index (κ2) is 7.74. The van der Waals surface area contributed by atoms with Crippen molar-refractivity contribution >= 4 is 22.7 Å². The van der Waals surface area contributed by atoms with E-state index in [4.69, 9.17) is 0 Å². The van der Waals surface area contributed by atoms with Gasteiger partial charge in [-0.25, -0.2) is 4.79 Å². The predicted molar refractivity (Wildman–Crippen MR) is 92.2 cm³/mol. The summed E-state index contributed by atoms with van der Waals surface area (Å²) in [4.78, 5) is 23.3. The highest BCUT2D eigenvalue weighted by Gasteiger charge is 2.12. The molecule has 0 heterocycles. The number of carbonyl (C=O) groups excluding carboxylic acids is 2. The largest absolute Gasteiger partial charge is 0.336 e. The lowest BCUT2D eigenvalue weighted by Crippen LogP contribution is -2.45. The fourth-order valence-corrected chi connectivity index (χ4v) is 2.45. The minimum atomic E-state index is -0.468. The van der Waals surface area contributed by atoms with E-state index >= 15 is 0 Å². The molecule has 0 saturated heterocycles. The van der Waals surface area contributed by atoms with Gasteiger partial charge in [0.2, 0.25) is 5.91 Å². The molecule has 0 aliphatic rings. The van der Waals surface area contributed by atoms with Crippen molar-refractivity contribution in [3.8, 4) is 0 Å². The lowest BCUT2D eigenvalue weighted by Gasteiger charge is -2.16. The van der Waals surface area contributed by atoms with Gasteiger partial charge >= 0.3 is 6.03 Å². The molecule has 1 atom stereocenters. The molecule has 0 saturated carbocycles. The molecule has 3 N–H and O–H groups in total. The van der Waals surface area contributed by atoms with Crippen LogP contribution >= 0.6 is 0 Å². The predicted octanol–water partition coefficient (Wildman–Crippen LogP) is 2.72. The van der Waals surface area contributed by atoms with Gasteiger partial charge in [-0.3, -0.25) is 10.1 Å². The molecule has 0 bridgehead atoms. The first kappa shape index (κ1) is 17.0. The van der Waals surface area contributed by atoms with Crippen molar-refractivity contribution in [1.29, 1.82) is 0 Å². The molecule has 3 amide bonds. The Kier molecular flexibility index (Phi) is 5.71. The van der Waals surface area contributed by atoms with Gasteiger partial charge in [0.1, 0.15) is 0 Å². The molecule has 0 aromatic heterocycles. The van der Waals surface area contributed by atoms with Crippen LogP contribution in [0.15, 0.2) is 42.5 Å². The molecule has 0 unspecified atom stereocenters. The molecule has 2 rings (SSSR count). The molecule has 122 valence electrons. The molecule has 5 nitrogen and oxygen atoms in total. The monoisotopic (exact) mass is 313 g/mol. The summed E-state index contributed by atoms with van der Waals surface area (Å²) in [6.45, 7) is 5.76. The van der Waals surface area contributed by atoms with Crippen LogP contribution in [0, 0.1) is 0 Å². The summed E-state index contributed by atoms with van der Waals surface area (Å²) < 4.78 is 0. The first-order valence-corrected chi connectivity index (χ1v) is 7.78. The fourth-order valence-electron chi connectivity index (χ4n) is 2.45. The molecule has 0 aliphatic heterocycles. The van der Waals surface area contributed by atoms with E-state index in [-0.39, 0.29) is 24.5 Å². The number of carbonyl (C=O) groups is 2. The van der Waals surface area contributed by atoms with Crippen molar-refractivity contribution in [3.05, 3.63) is 48.0 Å². The summed E-state index contributed by atoms with van der Waals surface area (Å²) >= 11 is 0. The van der Waals surface area contributed by atoms with Gasteiger partial charge < -0.3 is 10.6 Å². The molecule has 0 radical (unpaired) electrons. The van der Waals surface area contributed by atoms with Crippen molar-refractivity contribution in [3.63, 3.8) is 0 Å². The van der Waals surface area contributed by atoms with Crippen LogP contribution in [0.1, 0.15) is 32.4 Å². The third-order valence-corrected chi connectivity index (χ3v) is 3.53. The maximum absolute atomic E-state index is 11.8. The van der Waals surface area contributed by atoms with Gasteiger partial charge in [0.05, 0.1) is 6.54 Å². The zero-order valence-electron chi connectivity index (χ0n) is 13.7. The third kappa shape index (κ3) is 4.79. The Morgan fingerprint density at radius 2 is 1.70 bits per heavy atom. The van der Waals surface area contributed by atoms with Crippen LogP contribution in [0.25, 0.3) is 10.8 Å². The normalized spacial score (nSPS) is 12.2. The van der Waals surface area contributed by atoms with Gasteiger partial charge in [0.15, 0.2) is 0 Å². The van der Waals surface area contributed by atoms with Crippen molar-refractivity contribution in [2.45, 2.75) is 32.9 Å². The standard InChI is InChI=1S/C18H23N3O2/c1-12(2)20-18(23)21-17(22)11-19-13(3)15-10-6-8-14-7-4-5-9-16(14)15/h4-10,12-13,19H,11H2,1-3H3,(H2,20,21,22,23)/t13-/m0/s1. The molecule has 2 aromatic carbocycles. The number of benzene rings is 2. The number of imide groups is 1. The van der Waals surface area contributed by atoms with Crippen LogP contribution in [0.2, 0.25) is 0 Å². The highest BCUT2D eigenvalue weighted by molar-refractivity contribution is 5.95. The van der Waals surface area contributed by atoms with Crippen molar-refractivity contribution in [2.75, 3.05) is 6.54 Å². The first-order valence-electron chi connectivity index (χ1n) is 7.78. The Morgan fingerprint density at radius 1 is 1.00 bits per heavy atom. The number of hydrogen-bond donors (Lipinski definition) is 3. The number of amides is 3. The zero-order chi connectivity index (χ0) is 16.8. The van der Waals surface area contributed by atoms with E-state index in [1.165, 1.54) is 5.39 Å². The zero-order valence-corrected chi connectivity index (χ0v) is 13.7. The van der Waals surface area contributed by atoms with E-state index in [2.05, 4.69) is 34.1 Å². The Morgan fingerprint density at radius 3 is 2.43 bits per heavy atom. The average Bonchev–Trinajstić information content (AvgIpc) is 2.51. The van der Waals surface area contributed by atoms with Crippen LogP contribution in [-0.4, -0.2) is 24.5 Å². The van der Waals surface area contributed by atoms with Gasteiger partial charge in [-0.1, -0.05) is 42.5 Å². The Bertz CT molecular complexity index is 692. The number of rotatable bonds is 5. The van der Waals surface area contributed by atoms with Crippen LogP contribution in [-0.2, 0) is 4.79 Å². The Hall–Kier alpha value is -2.40. The maximum atomic E-state index is 11.8. The lowest BCUT2D eigenvalue weighted by atomic mass is 10.00. The maximum Gasteiger partial charge on any atom is 0.321 e. The molecular weight excluding hydrogens is 290 g/mol. The molecule has 0 fully saturated rings. The van der Waals surface area contributed by atoms with Gasteiger partial charge in [-0.05, 0) is 37.1 Å². The van der Waals surface area contributed by atoms with E-state index in [1.54, 1.807) is 0 Å². The van der Waals surface area contributed by atoms with Gasteiger partial charge in [-0.15, -0.1) is 0 Å². The fraction of sp³-hybridized carbons (Fsp3) is 0.333. The molecular formula is C18H23N3O2. The van der Waals surface area contributed by atoms with Crippen LogP contribution < -0.4 is 16.0 Å². The van der Waals surface area contributed by atoms with Crippen molar-refractivity contribution in [1.82, 2.24) is 16.0 Å². The van der Waals surface area contributed by atoms with Gasteiger partial charge in [0.25, 0.3) is 0 Å². The third-order valence-electron chi connectivity index (χ3n) is 3.53. The Labute approximate surface area is 136 Å². The highest BCUT2D eigenvalue weighted by atomic mass is 16.2. The summed E-state index contributed by atoms with van der Waals surface area (Å²) in [6, 6.07) is 13.8. The Balaban J connectivity index is 1.95. The van der Waals surface area contributed by atoms with E-state index in [0.29, 0.717) is 0 Å². The van der Waals surface area contributed by atoms with E-state index in [1.807, 2.05) is 45.0 Å². The minimum absolute atomic E-state index is 0.00000924. The molecule has 0 spiro atoms. The number of hydrogen-bond acceptors (Lipinski definition) is 3. The number of urea groups is 1. The molecule has 5 heteroatoms.